The quantitative estimate of drug-likeness (QED) is 0.417. The van der Waals surface area contributed by atoms with Crippen LogP contribution in [-0.4, -0.2) is 19.5 Å². The summed E-state index contributed by atoms with van der Waals surface area (Å²) in [5, 5.41) is 5.04. The number of nitrogen functional groups attached to an aromatic ring is 1. The van der Waals surface area contributed by atoms with Gasteiger partial charge in [0.2, 0.25) is 5.95 Å². The van der Waals surface area contributed by atoms with Crippen molar-refractivity contribution >= 4 is 45.2 Å². The van der Waals surface area contributed by atoms with Gasteiger partial charge < -0.3 is 11.1 Å². The van der Waals surface area contributed by atoms with Gasteiger partial charge in [-0.3, -0.25) is 14.3 Å². The molecule has 2 aromatic carbocycles. The number of hydrogen-bond acceptors (Lipinski definition) is 6. The van der Waals surface area contributed by atoms with Crippen molar-refractivity contribution < 1.29 is 0 Å². The molecular formula is C24H19ClN6O. The number of rotatable bonds is 4. The van der Waals surface area contributed by atoms with Crippen LogP contribution in [0.5, 0.6) is 0 Å². The number of halogens is 1. The number of benzene rings is 2. The van der Waals surface area contributed by atoms with Crippen LogP contribution < -0.4 is 16.6 Å². The molecule has 0 spiro atoms. The maximum absolute atomic E-state index is 13.6. The number of nitrogens with zero attached hydrogens (tertiary/aromatic N) is 4. The minimum atomic E-state index is -0.314. The molecule has 5 aromatic rings. The summed E-state index contributed by atoms with van der Waals surface area (Å²) in [7, 11) is 0. The molecule has 0 unspecified atom stereocenters. The normalized spacial score (nSPS) is 12.2. The Kier molecular flexibility index (Phi) is 4.95. The van der Waals surface area contributed by atoms with Crippen molar-refractivity contribution in [1.82, 2.24) is 19.5 Å². The van der Waals surface area contributed by atoms with Crippen LogP contribution in [0.1, 0.15) is 18.7 Å². The Balaban J connectivity index is 1.71. The summed E-state index contributed by atoms with van der Waals surface area (Å²) in [5.41, 5.74) is 8.46. The SMILES string of the molecule is C[C@H](Nc1nc(N)nc2cccnc12)c1cc2cccc(Cl)c2c(=O)n1-c1ccccc1. The van der Waals surface area contributed by atoms with E-state index in [1.165, 1.54) is 0 Å². The number of fused-ring (bicyclic) bond motifs is 2. The lowest BCUT2D eigenvalue weighted by Crippen LogP contribution is -2.26. The molecule has 5 rings (SSSR count). The van der Waals surface area contributed by atoms with E-state index in [0.29, 0.717) is 27.3 Å². The summed E-state index contributed by atoms with van der Waals surface area (Å²) < 4.78 is 1.67. The number of pyridine rings is 2. The number of nitrogens with one attached hydrogen (secondary N) is 1. The van der Waals surface area contributed by atoms with E-state index in [4.69, 9.17) is 17.3 Å². The Hall–Kier alpha value is -3.97. The highest BCUT2D eigenvalue weighted by molar-refractivity contribution is 6.35. The third-order valence-electron chi connectivity index (χ3n) is 5.31. The van der Waals surface area contributed by atoms with E-state index >= 15 is 0 Å². The van der Waals surface area contributed by atoms with Crippen molar-refractivity contribution in [3.63, 3.8) is 0 Å². The van der Waals surface area contributed by atoms with E-state index in [1.807, 2.05) is 61.5 Å². The summed E-state index contributed by atoms with van der Waals surface area (Å²) >= 11 is 6.40. The van der Waals surface area contributed by atoms with Gasteiger partial charge in [-0.2, -0.15) is 4.98 Å². The molecule has 0 saturated heterocycles. The first-order valence-corrected chi connectivity index (χ1v) is 10.4. The molecule has 0 saturated carbocycles. The van der Waals surface area contributed by atoms with Crippen LogP contribution in [0.25, 0.3) is 27.5 Å². The molecule has 8 heteroatoms. The molecule has 0 aliphatic heterocycles. The molecule has 32 heavy (non-hydrogen) atoms. The molecular weight excluding hydrogens is 424 g/mol. The average Bonchev–Trinajstić information content (AvgIpc) is 2.79. The average molecular weight is 443 g/mol. The van der Waals surface area contributed by atoms with Crippen molar-refractivity contribution in [2.45, 2.75) is 13.0 Å². The van der Waals surface area contributed by atoms with E-state index in [1.54, 1.807) is 22.9 Å². The molecule has 0 aliphatic carbocycles. The number of para-hydroxylation sites is 1. The Labute approximate surface area is 188 Å². The highest BCUT2D eigenvalue weighted by Gasteiger charge is 2.19. The fourth-order valence-corrected chi connectivity index (χ4v) is 4.13. The predicted octanol–water partition coefficient (Wildman–Crippen LogP) is 4.74. The summed E-state index contributed by atoms with van der Waals surface area (Å²) in [4.78, 5) is 26.6. The first-order chi connectivity index (χ1) is 15.5. The van der Waals surface area contributed by atoms with E-state index in [9.17, 15) is 4.79 Å². The molecule has 7 nitrogen and oxygen atoms in total. The van der Waals surface area contributed by atoms with Crippen LogP contribution in [0, 0.1) is 0 Å². The Morgan fingerprint density at radius 1 is 1.03 bits per heavy atom. The highest BCUT2D eigenvalue weighted by atomic mass is 35.5. The molecule has 0 fully saturated rings. The second kappa shape index (κ2) is 7.94. The second-order valence-electron chi connectivity index (χ2n) is 7.42. The fourth-order valence-electron chi connectivity index (χ4n) is 3.87. The Morgan fingerprint density at radius 3 is 2.66 bits per heavy atom. The first-order valence-electron chi connectivity index (χ1n) is 10.1. The maximum Gasteiger partial charge on any atom is 0.264 e. The second-order valence-corrected chi connectivity index (χ2v) is 7.82. The molecule has 0 aliphatic rings. The van der Waals surface area contributed by atoms with Gasteiger partial charge in [0.05, 0.1) is 22.0 Å². The van der Waals surface area contributed by atoms with Crippen LogP contribution in [0.2, 0.25) is 5.02 Å². The van der Waals surface area contributed by atoms with Gasteiger partial charge in [0, 0.05) is 17.6 Å². The Morgan fingerprint density at radius 2 is 1.84 bits per heavy atom. The van der Waals surface area contributed by atoms with Crippen LogP contribution in [0.4, 0.5) is 11.8 Å². The molecule has 3 heterocycles. The lowest BCUT2D eigenvalue weighted by Gasteiger charge is -2.22. The molecule has 0 amide bonds. The van der Waals surface area contributed by atoms with Gasteiger partial charge in [-0.25, -0.2) is 4.98 Å². The monoisotopic (exact) mass is 442 g/mol. The molecule has 0 bridgehead atoms. The smallest absolute Gasteiger partial charge is 0.264 e. The van der Waals surface area contributed by atoms with Crippen LogP contribution in [0.15, 0.2) is 77.7 Å². The number of hydrogen-bond donors (Lipinski definition) is 2. The van der Waals surface area contributed by atoms with E-state index in [2.05, 4.69) is 20.3 Å². The largest absolute Gasteiger partial charge is 0.368 e. The van der Waals surface area contributed by atoms with Crippen molar-refractivity contribution in [3.8, 4) is 5.69 Å². The van der Waals surface area contributed by atoms with Gasteiger partial charge in [0.25, 0.3) is 5.56 Å². The minimum absolute atomic E-state index is 0.144. The van der Waals surface area contributed by atoms with E-state index in [-0.39, 0.29) is 17.5 Å². The van der Waals surface area contributed by atoms with Crippen molar-refractivity contribution in [2.24, 2.45) is 0 Å². The van der Waals surface area contributed by atoms with Crippen molar-refractivity contribution in [3.05, 3.63) is 94.0 Å². The zero-order valence-corrected chi connectivity index (χ0v) is 17.9. The predicted molar refractivity (Wildman–Crippen MR) is 128 cm³/mol. The van der Waals surface area contributed by atoms with Gasteiger partial charge in [-0.1, -0.05) is 41.9 Å². The van der Waals surface area contributed by atoms with Crippen LogP contribution >= 0.6 is 11.6 Å². The first kappa shape index (κ1) is 20.0. The molecule has 3 aromatic heterocycles. The minimum Gasteiger partial charge on any atom is -0.368 e. The van der Waals surface area contributed by atoms with E-state index < -0.39 is 0 Å². The van der Waals surface area contributed by atoms with Gasteiger partial charge in [-0.15, -0.1) is 0 Å². The topological polar surface area (TPSA) is 98.7 Å². The van der Waals surface area contributed by atoms with Gasteiger partial charge >= 0.3 is 0 Å². The number of nitrogens with two attached hydrogens (primary N) is 1. The standard InChI is InChI=1S/C24H19ClN6O/c1-14(28-22-21-18(11-6-12-27-21)29-24(26)30-22)19-13-15-7-5-10-17(25)20(15)23(32)31(19)16-8-3-2-4-9-16/h2-14H,1H3,(H3,26,28,29,30)/t14-/m0/s1. The number of aromatic nitrogens is 4. The number of anilines is 2. The highest BCUT2D eigenvalue weighted by Crippen LogP contribution is 2.28. The fraction of sp³-hybridized carbons (Fsp3) is 0.0833. The van der Waals surface area contributed by atoms with Gasteiger partial charge in [-0.05, 0) is 48.7 Å². The lowest BCUT2D eigenvalue weighted by atomic mass is 10.1. The molecule has 0 radical (unpaired) electrons. The zero-order valence-electron chi connectivity index (χ0n) is 17.2. The summed E-state index contributed by atoms with van der Waals surface area (Å²) in [6.07, 6.45) is 1.68. The van der Waals surface area contributed by atoms with Crippen LogP contribution in [0.3, 0.4) is 0 Å². The third-order valence-corrected chi connectivity index (χ3v) is 5.62. The van der Waals surface area contributed by atoms with Gasteiger partial charge in [0.1, 0.15) is 5.52 Å². The Bertz CT molecular complexity index is 1520. The summed E-state index contributed by atoms with van der Waals surface area (Å²) in [6.45, 7) is 1.96. The molecule has 158 valence electrons. The van der Waals surface area contributed by atoms with Gasteiger partial charge in [0.15, 0.2) is 5.82 Å². The summed E-state index contributed by atoms with van der Waals surface area (Å²) in [6, 6.07) is 20.2. The summed E-state index contributed by atoms with van der Waals surface area (Å²) in [5.74, 6) is 0.643. The lowest BCUT2D eigenvalue weighted by molar-refractivity contribution is 0.774. The third kappa shape index (κ3) is 3.42. The maximum atomic E-state index is 13.6. The van der Waals surface area contributed by atoms with Crippen LogP contribution in [-0.2, 0) is 0 Å². The van der Waals surface area contributed by atoms with Crippen molar-refractivity contribution in [1.29, 1.82) is 0 Å². The zero-order chi connectivity index (χ0) is 22.2. The molecule has 3 N–H and O–H groups in total. The van der Waals surface area contributed by atoms with Crippen molar-refractivity contribution in [2.75, 3.05) is 11.1 Å². The molecule has 1 atom stereocenters. The van der Waals surface area contributed by atoms with E-state index in [0.717, 1.165) is 16.8 Å².